The molecule has 0 bridgehead atoms. The van der Waals surface area contributed by atoms with Gasteiger partial charge < -0.3 is 10.0 Å². The molecule has 5 heteroatoms. The number of aryl methyl sites for hydroxylation is 1. The molecule has 1 unspecified atom stereocenters. The van der Waals surface area contributed by atoms with Gasteiger partial charge in [0.1, 0.15) is 17.2 Å². The lowest BCUT2D eigenvalue weighted by molar-refractivity contribution is -0.143. The monoisotopic (exact) mass is 291 g/mol. The molecule has 1 fully saturated rings. The predicted molar refractivity (Wildman–Crippen MR) is 82.7 cm³/mol. The number of hydrogen-bond donors (Lipinski definition) is 1. The van der Waals surface area contributed by atoms with Gasteiger partial charge in [0.2, 0.25) is 0 Å². The summed E-state index contributed by atoms with van der Waals surface area (Å²) < 4.78 is 0. The Morgan fingerprint density at radius 1 is 1.48 bits per heavy atom. The normalized spacial score (nSPS) is 22.0. The van der Waals surface area contributed by atoms with Crippen LogP contribution in [-0.2, 0) is 4.79 Å². The second kappa shape index (κ2) is 6.00. The Kier molecular flexibility index (Phi) is 4.49. The second-order valence-electron chi connectivity index (χ2n) is 6.22. The van der Waals surface area contributed by atoms with E-state index in [1.807, 2.05) is 24.8 Å². The lowest BCUT2D eigenvalue weighted by Crippen LogP contribution is -2.51. The van der Waals surface area contributed by atoms with Crippen LogP contribution in [0, 0.1) is 6.92 Å². The van der Waals surface area contributed by atoms with Gasteiger partial charge in [-0.05, 0) is 26.2 Å². The molecular weight excluding hydrogens is 266 g/mol. The highest BCUT2D eigenvalue weighted by Crippen LogP contribution is 2.37. The van der Waals surface area contributed by atoms with E-state index >= 15 is 0 Å². The first kappa shape index (κ1) is 15.7. The maximum atomic E-state index is 11.9. The van der Waals surface area contributed by atoms with Gasteiger partial charge in [0.15, 0.2) is 0 Å². The molecule has 116 valence electrons. The smallest absolute Gasteiger partial charge is 0.329 e. The molecule has 1 aromatic heterocycles. The number of hydrogen-bond acceptors (Lipinski definition) is 4. The zero-order chi connectivity index (χ0) is 15.6. The highest BCUT2D eigenvalue weighted by Gasteiger charge is 2.47. The van der Waals surface area contributed by atoms with Crippen molar-refractivity contribution in [1.82, 2.24) is 9.97 Å². The van der Waals surface area contributed by atoms with E-state index in [9.17, 15) is 9.90 Å². The van der Waals surface area contributed by atoms with Crippen molar-refractivity contribution in [2.45, 2.75) is 64.8 Å². The molecule has 1 aromatic rings. The number of carboxylic acids is 1. The van der Waals surface area contributed by atoms with E-state index in [1.54, 1.807) is 0 Å². The lowest BCUT2D eigenvalue weighted by atomic mass is 9.90. The Bertz CT molecular complexity index is 530. The van der Waals surface area contributed by atoms with Gasteiger partial charge in [-0.25, -0.2) is 14.8 Å². The van der Waals surface area contributed by atoms with E-state index in [2.05, 4.69) is 23.8 Å². The van der Waals surface area contributed by atoms with Crippen LogP contribution in [0.4, 0.5) is 5.82 Å². The predicted octanol–water partition coefficient (Wildman–Crippen LogP) is 3.13. The number of aromatic nitrogens is 2. The lowest BCUT2D eigenvalue weighted by Gasteiger charge is -2.35. The number of anilines is 1. The van der Waals surface area contributed by atoms with Crippen LogP contribution in [0.5, 0.6) is 0 Å². The third-order valence-electron chi connectivity index (χ3n) is 4.20. The second-order valence-corrected chi connectivity index (χ2v) is 6.22. The maximum absolute atomic E-state index is 11.9. The number of aliphatic carboxylic acids is 1. The summed E-state index contributed by atoms with van der Waals surface area (Å²) in [7, 11) is 0. The quantitative estimate of drug-likeness (QED) is 0.902. The summed E-state index contributed by atoms with van der Waals surface area (Å²) in [5, 5.41) is 9.79. The van der Waals surface area contributed by atoms with Crippen molar-refractivity contribution in [3.8, 4) is 0 Å². The maximum Gasteiger partial charge on any atom is 0.329 e. The summed E-state index contributed by atoms with van der Waals surface area (Å²) in [5.41, 5.74) is 0.0930. The van der Waals surface area contributed by atoms with Gasteiger partial charge in [-0.1, -0.05) is 27.2 Å². The van der Waals surface area contributed by atoms with Crippen LogP contribution >= 0.6 is 0 Å². The number of carboxylic acid groups (broad SMARTS) is 1. The fourth-order valence-electron chi connectivity index (χ4n) is 3.19. The Balaban J connectivity index is 2.46. The Labute approximate surface area is 126 Å². The molecule has 1 aliphatic rings. The first-order valence-corrected chi connectivity index (χ1v) is 7.77. The molecule has 1 atom stereocenters. The molecule has 0 saturated carbocycles. The molecule has 1 N–H and O–H groups in total. The molecule has 2 rings (SSSR count). The minimum absolute atomic E-state index is 0.233. The van der Waals surface area contributed by atoms with Crippen molar-refractivity contribution >= 4 is 11.8 Å². The molecule has 1 saturated heterocycles. The molecule has 0 radical (unpaired) electrons. The Hall–Kier alpha value is -1.65. The fourth-order valence-corrected chi connectivity index (χ4v) is 3.19. The van der Waals surface area contributed by atoms with Crippen LogP contribution in [0.3, 0.4) is 0 Å². The summed E-state index contributed by atoms with van der Waals surface area (Å²) in [6, 6.07) is 1.91. The fraction of sp³-hybridized carbons (Fsp3) is 0.688. The summed E-state index contributed by atoms with van der Waals surface area (Å²) >= 11 is 0. The number of carbonyl (C=O) groups is 1. The van der Waals surface area contributed by atoms with Crippen molar-refractivity contribution in [3.05, 3.63) is 17.6 Å². The number of rotatable bonds is 5. The van der Waals surface area contributed by atoms with E-state index < -0.39 is 11.5 Å². The Morgan fingerprint density at radius 2 is 2.19 bits per heavy atom. The highest BCUT2D eigenvalue weighted by molar-refractivity contribution is 5.84. The van der Waals surface area contributed by atoms with E-state index in [-0.39, 0.29) is 5.92 Å². The van der Waals surface area contributed by atoms with E-state index in [0.717, 1.165) is 36.7 Å². The van der Waals surface area contributed by atoms with Crippen molar-refractivity contribution in [3.63, 3.8) is 0 Å². The van der Waals surface area contributed by atoms with Gasteiger partial charge in [0, 0.05) is 24.2 Å². The zero-order valence-corrected chi connectivity index (χ0v) is 13.4. The first-order valence-electron chi connectivity index (χ1n) is 7.77. The summed E-state index contributed by atoms with van der Waals surface area (Å²) in [4.78, 5) is 23.0. The van der Waals surface area contributed by atoms with Crippen LogP contribution in [0.1, 0.15) is 63.9 Å². The van der Waals surface area contributed by atoms with Crippen molar-refractivity contribution in [2.75, 3.05) is 11.4 Å². The molecular formula is C16H25N3O2. The van der Waals surface area contributed by atoms with Crippen LogP contribution < -0.4 is 4.90 Å². The summed E-state index contributed by atoms with van der Waals surface area (Å²) in [5.74, 6) is 1.05. The van der Waals surface area contributed by atoms with Crippen molar-refractivity contribution < 1.29 is 9.90 Å². The van der Waals surface area contributed by atoms with Crippen molar-refractivity contribution in [2.24, 2.45) is 0 Å². The average molecular weight is 291 g/mol. The highest BCUT2D eigenvalue weighted by atomic mass is 16.4. The van der Waals surface area contributed by atoms with Gasteiger partial charge in [-0.3, -0.25) is 0 Å². The van der Waals surface area contributed by atoms with Gasteiger partial charge in [0.25, 0.3) is 0 Å². The van der Waals surface area contributed by atoms with Crippen LogP contribution in [-0.4, -0.2) is 33.1 Å². The van der Waals surface area contributed by atoms with E-state index in [4.69, 9.17) is 0 Å². The van der Waals surface area contributed by atoms with Crippen LogP contribution in [0.15, 0.2) is 6.07 Å². The van der Waals surface area contributed by atoms with Gasteiger partial charge in [-0.2, -0.15) is 0 Å². The van der Waals surface area contributed by atoms with E-state index in [0.29, 0.717) is 12.8 Å². The molecule has 0 spiro atoms. The van der Waals surface area contributed by atoms with Crippen molar-refractivity contribution in [1.29, 1.82) is 0 Å². The van der Waals surface area contributed by atoms with Gasteiger partial charge >= 0.3 is 5.97 Å². The molecule has 0 aromatic carbocycles. The largest absolute Gasteiger partial charge is 0.479 e. The minimum Gasteiger partial charge on any atom is -0.479 e. The zero-order valence-electron chi connectivity index (χ0n) is 13.4. The average Bonchev–Trinajstić information content (AvgIpc) is 2.83. The molecule has 21 heavy (non-hydrogen) atoms. The Morgan fingerprint density at radius 3 is 2.76 bits per heavy atom. The van der Waals surface area contributed by atoms with Gasteiger partial charge in [0.05, 0.1) is 0 Å². The van der Waals surface area contributed by atoms with E-state index in [1.165, 1.54) is 0 Å². The third kappa shape index (κ3) is 2.87. The third-order valence-corrected chi connectivity index (χ3v) is 4.20. The van der Waals surface area contributed by atoms with Gasteiger partial charge in [-0.15, -0.1) is 0 Å². The minimum atomic E-state index is -0.802. The molecule has 5 nitrogen and oxygen atoms in total. The molecule has 0 aliphatic carbocycles. The number of nitrogens with zero attached hydrogens (tertiary/aromatic N) is 3. The SMILES string of the molecule is CCCC1(C(=O)O)CCCN1c1cc(C)nc(C(C)C)n1. The summed E-state index contributed by atoms with van der Waals surface area (Å²) in [6.07, 6.45) is 3.09. The molecule has 0 amide bonds. The topological polar surface area (TPSA) is 66.3 Å². The van der Waals surface area contributed by atoms with Crippen LogP contribution in [0.25, 0.3) is 0 Å². The van der Waals surface area contributed by atoms with Crippen LogP contribution in [0.2, 0.25) is 0 Å². The standard InChI is InChI=1S/C16H25N3O2/c1-5-7-16(15(20)21)8-6-9-19(16)13-10-12(4)17-14(18-13)11(2)3/h10-11H,5-9H2,1-4H3,(H,20,21). The molecule has 1 aliphatic heterocycles. The first-order chi connectivity index (χ1) is 9.90. The molecule has 2 heterocycles. The summed E-state index contributed by atoms with van der Waals surface area (Å²) in [6.45, 7) is 8.83.